The van der Waals surface area contributed by atoms with Crippen LogP contribution in [0.25, 0.3) is 0 Å². The van der Waals surface area contributed by atoms with E-state index >= 15 is 0 Å². The molecule has 0 unspecified atom stereocenters. The number of nitro groups is 1. The summed E-state index contributed by atoms with van der Waals surface area (Å²) in [7, 11) is 0. The first-order valence-electron chi connectivity index (χ1n) is 6.69. The van der Waals surface area contributed by atoms with Crippen molar-refractivity contribution in [1.82, 2.24) is 10.3 Å². The standard InChI is InChI=1S/C15H15N3O4/c19-15(17-10-8-12-5-3-4-9-16-12)11-22-14-7-2-1-6-13(14)18(20)21/h1-7,9H,8,10-11H2,(H,17,19). The van der Waals surface area contributed by atoms with Crippen molar-refractivity contribution < 1.29 is 14.5 Å². The first-order chi connectivity index (χ1) is 10.7. The third-order valence-corrected chi connectivity index (χ3v) is 2.85. The molecule has 0 saturated carbocycles. The molecule has 1 N–H and O–H groups in total. The molecule has 0 fully saturated rings. The lowest BCUT2D eigenvalue weighted by Crippen LogP contribution is -2.30. The lowest BCUT2D eigenvalue weighted by molar-refractivity contribution is -0.385. The van der Waals surface area contributed by atoms with Crippen molar-refractivity contribution in [2.45, 2.75) is 6.42 Å². The Bertz CT molecular complexity index is 646. The monoisotopic (exact) mass is 301 g/mol. The summed E-state index contributed by atoms with van der Waals surface area (Å²) < 4.78 is 5.19. The third-order valence-electron chi connectivity index (χ3n) is 2.85. The van der Waals surface area contributed by atoms with E-state index in [1.165, 1.54) is 18.2 Å². The number of hydrogen-bond acceptors (Lipinski definition) is 5. The molecular formula is C15H15N3O4. The number of aromatic nitrogens is 1. The third kappa shape index (κ3) is 4.55. The molecular weight excluding hydrogens is 286 g/mol. The molecule has 0 aliphatic carbocycles. The van der Waals surface area contributed by atoms with E-state index in [2.05, 4.69) is 10.3 Å². The summed E-state index contributed by atoms with van der Waals surface area (Å²) in [6, 6.07) is 11.5. The van der Waals surface area contributed by atoms with Crippen LogP contribution in [0.4, 0.5) is 5.69 Å². The van der Waals surface area contributed by atoms with Gasteiger partial charge in [0.15, 0.2) is 12.4 Å². The SMILES string of the molecule is O=C(COc1ccccc1[N+](=O)[O-])NCCc1ccccn1. The second-order valence-electron chi connectivity index (χ2n) is 4.43. The molecule has 2 aromatic rings. The summed E-state index contributed by atoms with van der Waals surface area (Å²) in [5, 5.41) is 13.5. The smallest absolute Gasteiger partial charge is 0.310 e. The molecule has 0 aliphatic heterocycles. The van der Waals surface area contributed by atoms with Gasteiger partial charge < -0.3 is 10.1 Å². The molecule has 0 bridgehead atoms. The average molecular weight is 301 g/mol. The highest BCUT2D eigenvalue weighted by molar-refractivity contribution is 5.77. The van der Waals surface area contributed by atoms with Gasteiger partial charge in [-0.3, -0.25) is 19.9 Å². The fraction of sp³-hybridized carbons (Fsp3) is 0.200. The van der Waals surface area contributed by atoms with Crippen molar-refractivity contribution >= 4 is 11.6 Å². The van der Waals surface area contributed by atoms with Gasteiger partial charge in [-0.25, -0.2) is 0 Å². The fourth-order valence-corrected chi connectivity index (χ4v) is 1.80. The van der Waals surface area contributed by atoms with Crippen molar-refractivity contribution in [1.29, 1.82) is 0 Å². The minimum Gasteiger partial charge on any atom is -0.477 e. The molecule has 1 aromatic heterocycles. The molecule has 1 aromatic carbocycles. The largest absolute Gasteiger partial charge is 0.477 e. The van der Waals surface area contributed by atoms with Gasteiger partial charge in [0.25, 0.3) is 5.91 Å². The predicted octanol–water partition coefficient (Wildman–Crippen LogP) is 1.73. The summed E-state index contributed by atoms with van der Waals surface area (Å²) in [5.41, 5.74) is 0.714. The Kier molecular flexibility index (Phi) is 5.42. The van der Waals surface area contributed by atoms with Gasteiger partial charge in [-0.15, -0.1) is 0 Å². The number of hydrogen-bond donors (Lipinski definition) is 1. The highest BCUT2D eigenvalue weighted by Crippen LogP contribution is 2.25. The molecule has 22 heavy (non-hydrogen) atoms. The summed E-state index contributed by atoms with van der Waals surface area (Å²) in [6.45, 7) is 0.156. The van der Waals surface area contributed by atoms with E-state index in [4.69, 9.17) is 4.74 Å². The number of rotatable bonds is 7. The maximum absolute atomic E-state index is 11.7. The zero-order chi connectivity index (χ0) is 15.8. The molecule has 2 rings (SSSR count). The highest BCUT2D eigenvalue weighted by atomic mass is 16.6. The Morgan fingerprint density at radius 2 is 2.00 bits per heavy atom. The van der Waals surface area contributed by atoms with E-state index in [0.29, 0.717) is 13.0 Å². The van der Waals surface area contributed by atoms with Crippen LogP contribution in [-0.4, -0.2) is 29.0 Å². The minimum absolute atomic E-state index is 0.0763. The number of carbonyl (C=O) groups is 1. The Morgan fingerprint density at radius 1 is 1.23 bits per heavy atom. The topological polar surface area (TPSA) is 94.4 Å². The lowest BCUT2D eigenvalue weighted by atomic mass is 10.3. The van der Waals surface area contributed by atoms with Gasteiger partial charge in [0.05, 0.1) is 4.92 Å². The van der Waals surface area contributed by atoms with Crippen LogP contribution in [0.5, 0.6) is 5.75 Å². The van der Waals surface area contributed by atoms with E-state index in [1.54, 1.807) is 12.3 Å². The molecule has 7 nitrogen and oxygen atoms in total. The van der Waals surface area contributed by atoms with Crippen LogP contribution in [0.3, 0.4) is 0 Å². The number of pyridine rings is 1. The highest BCUT2D eigenvalue weighted by Gasteiger charge is 2.14. The van der Waals surface area contributed by atoms with E-state index in [9.17, 15) is 14.9 Å². The Morgan fingerprint density at radius 3 is 2.73 bits per heavy atom. The summed E-state index contributed by atoms with van der Waals surface area (Å²) >= 11 is 0. The summed E-state index contributed by atoms with van der Waals surface area (Å²) in [6.07, 6.45) is 2.30. The second-order valence-corrected chi connectivity index (χ2v) is 4.43. The van der Waals surface area contributed by atoms with Crippen LogP contribution in [0.1, 0.15) is 5.69 Å². The van der Waals surface area contributed by atoms with E-state index in [0.717, 1.165) is 5.69 Å². The number of nitrogens with one attached hydrogen (secondary N) is 1. The van der Waals surface area contributed by atoms with Crippen LogP contribution < -0.4 is 10.1 Å². The van der Waals surface area contributed by atoms with Gasteiger partial charge in [0, 0.05) is 30.9 Å². The fourth-order valence-electron chi connectivity index (χ4n) is 1.80. The zero-order valence-corrected chi connectivity index (χ0v) is 11.8. The molecule has 0 aliphatic rings. The molecule has 7 heteroatoms. The molecule has 0 spiro atoms. The van der Waals surface area contributed by atoms with Crippen LogP contribution in [0, 0.1) is 10.1 Å². The maximum atomic E-state index is 11.7. The van der Waals surface area contributed by atoms with E-state index in [1.807, 2.05) is 18.2 Å². The van der Waals surface area contributed by atoms with Crippen molar-refractivity contribution in [2.24, 2.45) is 0 Å². The summed E-state index contributed by atoms with van der Waals surface area (Å²) in [4.78, 5) is 26.1. The van der Waals surface area contributed by atoms with Gasteiger partial charge in [-0.05, 0) is 18.2 Å². The van der Waals surface area contributed by atoms with Gasteiger partial charge >= 0.3 is 5.69 Å². The van der Waals surface area contributed by atoms with Crippen molar-refractivity contribution in [3.63, 3.8) is 0 Å². The van der Waals surface area contributed by atoms with Crippen molar-refractivity contribution in [3.8, 4) is 5.75 Å². The van der Waals surface area contributed by atoms with E-state index < -0.39 is 4.92 Å². The Balaban J connectivity index is 1.77. The molecule has 0 saturated heterocycles. The van der Waals surface area contributed by atoms with Gasteiger partial charge in [-0.2, -0.15) is 0 Å². The van der Waals surface area contributed by atoms with Crippen LogP contribution in [0.2, 0.25) is 0 Å². The van der Waals surface area contributed by atoms with Crippen LogP contribution in [-0.2, 0) is 11.2 Å². The number of amides is 1. The normalized spacial score (nSPS) is 10.0. The average Bonchev–Trinajstić information content (AvgIpc) is 2.54. The van der Waals surface area contributed by atoms with Crippen molar-refractivity contribution in [2.75, 3.05) is 13.2 Å². The summed E-state index contributed by atoms with van der Waals surface area (Å²) in [5.74, 6) is -0.263. The molecule has 1 amide bonds. The quantitative estimate of drug-likeness (QED) is 0.620. The first kappa shape index (κ1) is 15.4. The van der Waals surface area contributed by atoms with Gasteiger partial charge in [0.1, 0.15) is 0 Å². The lowest BCUT2D eigenvalue weighted by Gasteiger charge is -2.07. The van der Waals surface area contributed by atoms with Gasteiger partial charge in [0.2, 0.25) is 0 Å². The number of nitrogens with zero attached hydrogens (tertiary/aromatic N) is 2. The second kappa shape index (κ2) is 7.72. The molecule has 0 radical (unpaired) electrons. The number of para-hydroxylation sites is 2. The van der Waals surface area contributed by atoms with E-state index in [-0.39, 0.29) is 24.0 Å². The van der Waals surface area contributed by atoms with Gasteiger partial charge in [-0.1, -0.05) is 18.2 Å². The maximum Gasteiger partial charge on any atom is 0.310 e. The number of nitro benzene ring substituents is 1. The molecule has 114 valence electrons. The predicted molar refractivity (Wildman–Crippen MR) is 79.5 cm³/mol. The number of carbonyl (C=O) groups excluding carboxylic acids is 1. The van der Waals surface area contributed by atoms with Crippen molar-refractivity contribution in [3.05, 3.63) is 64.5 Å². The molecule has 1 heterocycles. The Labute approximate surface area is 127 Å². The van der Waals surface area contributed by atoms with Crippen LogP contribution >= 0.6 is 0 Å². The first-order valence-corrected chi connectivity index (χ1v) is 6.69. The Hall–Kier alpha value is -2.96. The number of benzene rings is 1. The zero-order valence-electron chi connectivity index (χ0n) is 11.8. The minimum atomic E-state index is -0.547. The molecule has 0 atom stereocenters. The van der Waals surface area contributed by atoms with Crippen LogP contribution in [0.15, 0.2) is 48.7 Å². The number of ether oxygens (including phenoxy) is 1.